The van der Waals surface area contributed by atoms with Gasteiger partial charge in [-0.05, 0) is 12.8 Å². The molecule has 9 heteroatoms. The highest BCUT2D eigenvalue weighted by Gasteiger charge is 2.22. The van der Waals surface area contributed by atoms with Gasteiger partial charge in [-0.25, -0.2) is 0 Å². The van der Waals surface area contributed by atoms with Crippen molar-refractivity contribution < 1.29 is 32.9 Å². The zero-order chi connectivity index (χ0) is 27.3. The number of amides is 1. The van der Waals surface area contributed by atoms with Crippen molar-refractivity contribution >= 4 is 13.7 Å². The fraction of sp³-hybridized carbons (Fsp3) is 0.889. The molecule has 2 N–H and O–H groups in total. The van der Waals surface area contributed by atoms with Gasteiger partial charge in [0.25, 0.3) is 7.82 Å². The van der Waals surface area contributed by atoms with Crippen molar-refractivity contribution in [2.75, 3.05) is 40.9 Å². The van der Waals surface area contributed by atoms with Gasteiger partial charge < -0.3 is 28.8 Å². The van der Waals surface area contributed by atoms with E-state index in [0.717, 1.165) is 19.3 Å². The van der Waals surface area contributed by atoms with Crippen LogP contribution in [0.25, 0.3) is 0 Å². The maximum absolute atomic E-state index is 12.1. The monoisotopic (exact) mass is 534 g/mol. The summed E-state index contributed by atoms with van der Waals surface area (Å²) in [6.07, 6.45) is 19.0. The van der Waals surface area contributed by atoms with E-state index in [9.17, 15) is 19.4 Å². The number of likely N-dealkylation sites (N-methyl/N-ethyl adjacent to an activating group) is 1. The largest absolute Gasteiger partial charge is 0.756 e. The van der Waals surface area contributed by atoms with Crippen LogP contribution < -0.4 is 10.2 Å². The van der Waals surface area contributed by atoms with Crippen LogP contribution in [0.2, 0.25) is 0 Å². The van der Waals surface area contributed by atoms with Crippen LogP contribution >= 0.6 is 7.82 Å². The lowest BCUT2D eigenvalue weighted by Gasteiger charge is -2.29. The van der Waals surface area contributed by atoms with E-state index >= 15 is 0 Å². The molecular weight excluding hydrogens is 479 g/mol. The summed E-state index contributed by atoms with van der Waals surface area (Å²) < 4.78 is 22.5. The smallest absolute Gasteiger partial charge is 0.268 e. The molecule has 0 aliphatic rings. The quantitative estimate of drug-likeness (QED) is 0.0772. The number of nitrogens with zero attached hydrogens (tertiary/aromatic N) is 1. The summed E-state index contributed by atoms with van der Waals surface area (Å²) in [7, 11) is 1.25. The minimum Gasteiger partial charge on any atom is -0.756 e. The summed E-state index contributed by atoms with van der Waals surface area (Å²) in [6, 6.07) is -0.875. The summed E-state index contributed by atoms with van der Waals surface area (Å²) in [4.78, 5) is 23.9. The maximum Gasteiger partial charge on any atom is 0.268 e. The molecule has 0 fully saturated rings. The van der Waals surface area contributed by atoms with E-state index in [1.54, 1.807) is 13.0 Å². The number of phosphoric ester groups is 1. The molecule has 0 saturated carbocycles. The molecule has 0 radical (unpaired) electrons. The fourth-order valence-corrected chi connectivity index (χ4v) is 4.37. The Labute approximate surface area is 221 Å². The second-order valence-corrected chi connectivity index (χ2v) is 12.1. The molecule has 3 atom stereocenters. The number of quaternary nitrogens is 1. The van der Waals surface area contributed by atoms with Crippen LogP contribution in [0.3, 0.4) is 0 Å². The number of aliphatic hydroxyl groups is 1. The highest BCUT2D eigenvalue weighted by Crippen LogP contribution is 2.38. The van der Waals surface area contributed by atoms with Crippen molar-refractivity contribution in [3.8, 4) is 0 Å². The standard InChI is InChI=1S/C27H55N2O6P/c1-6-8-9-10-11-12-13-14-15-16-17-18-19-20-21-26(30)25(28-27(31)7-2)24-35-36(32,33)34-23-22-29(3,4)5/h20-21,25-26,30H,6-19,22-24H2,1-5H3,(H-,28,31,32,33)/b21-20+. The first-order valence-electron chi connectivity index (χ1n) is 14.1. The van der Waals surface area contributed by atoms with E-state index in [2.05, 4.69) is 12.2 Å². The topological polar surface area (TPSA) is 108 Å². The Morgan fingerprint density at radius 3 is 1.97 bits per heavy atom. The fourth-order valence-electron chi connectivity index (χ4n) is 3.64. The highest BCUT2D eigenvalue weighted by molar-refractivity contribution is 7.45. The van der Waals surface area contributed by atoms with Gasteiger partial charge in [-0.3, -0.25) is 9.36 Å². The Kier molecular flexibility index (Phi) is 20.8. The molecule has 0 saturated heterocycles. The van der Waals surface area contributed by atoms with E-state index in [0.29, 0.717) is 11.0 Å². The van der Waals surface area contributed by atoms with Crippen molar-refractivity contribution in [2.45, 2.75) is 116 Å². The first-order valence-corrected chi connectivity index (χ1v) is 15.5. The molecule has 0 aromatic carbocycles. The van der Waals surface area contributed by atoms with Gasteiger partial charge in [-0.15, -0.1) is 0 Å². The molecule has 0 aliphatic carbocycles. The van der Waals surface area contributed by atoms with Gasteiger partial charge in [0.2, 0.25) is 5.91 Å². The zero-order valence-electron chi connectivity index (χ0n) is 23.7. The zero-order valence-corrected chi connectivity index (χ0v) is 24.6. The van der Waals surface area contributed by atoms with E-state index in [4.69, 9.17) is 9.05 Å². The first kappa shape index (κ1) is 35.2. The number of unbranched alkanes of at least 4 members (excludes halogenated alkanes) is 12. The SMILES string of the molecule is CCCCCCCCCCCCCC/C=C/C(O)C(COP(=O)([O-])OCC[N+](C)(C)C)NC(=O)CC. The average molecular weight is 535 g/mol. The van der Waals surface area contributed by atoms with E-state index in [-0.39, 0.29) is 25.5 Å². The van der Waals surface area contributed by atoms with E-state index in [1.165, 1.54) is 64.2 Å². The first-order chi connectivity index (χ1) is 17.0. The van der Waals surface area contributed by atoms with Gasteiger partial charge in [-0.1, -0.05) is 96.6 Å². The lowest BCUT2D eigenvalue weighted by molar-refractivity contribution is -0.870. The number of carbonyl (C=O) groups excluding carboxylic acids is 1. The Morgan fingerprint density at radius 2 is 1.47 bits per heavy atom. The molecule has 8 nitrogen and oxygen atoms in total. The van der Waals surface area contributed by atoms with Crippen LogP contribution in [0, 0.1) is 0 Å². The van der Waals surface area contributed by atoms with Crippen molar-refractivity contribution in [3.05, 3.63) is 12.2 Å². The number of phosphoric acid groups is 1. The predicted molar refractivity (Wildman–Crippen MR) is 145 cm³/mol. The van der Waals surface area contributed by atoms with Crippen molar-refractivity contribution in [3.63, 3.8) is 0 Å². The molecule has 0 bridgehead atoms. The summed E-state index contributed by atoms with van der Waals surface area (Å²) in [6.45, 7) is 4.04. The minimum atomic E-state index is -4.53. The predicted octanol–water partition coefficient (Wildman–Crippen LogP) is 5.10. The molecule has 1 amide bonds. The van der Waals surface area contributed by atoms with Gasteiger partial charge in [0.1, 0.15) is 13.2 Å². The van der Waals surface area contributed by atoms with E-state index in [1.807, 2.05) is 27.2 Å². The number of hydrogen-bond acceptors (Lipinski definition) is 6. The number of hydrogen-bond donors (Lipinski definition) is 2. The molecule has 0 rings (SSSR count). The van der Waals surface area contributed by atoms with Crippen LogP contribution in [-0.4, -0.2) is 68.5 Å². The minimum absolute atomic E-state index is 0.00222. The number of carbonyl (C=O) groups is 1. The van der Waals surface area contributed by atoms with Crippen LogP contribution in [0.15, 0.2) is 12.2 Å². The molecule has 0 aliphatic heterocycles. The molecule has 214 valence electrons. The molecule has 0 aromatic rings. The third-order valence-corrected chi connectivity index (χ3v) is 7.03. The molecule has 3 unspecified atom stereocenters. The molecular formula is C27H55N2O6P. The highest BCUT2D eigenvalue weighted by atomic mass is 31.2. The number of allylic oxidation sites excluding steroid dienone is 1. The lowest BCUT2D eigenvalue weighted by atomic mass is 10.0. The van der Waals surface area contributed by atoms with Crippen LogP contribution in [0.5, 0.6) is 0 Å². The Bertz CT molecular complexity index is 624. The van der Waals surface area contributed by atoms with Crippen molar-refractivity contribution in [2.24, 2.45) is 0 Å². The number of rotatable bonds is 24. The van der Waals surface area contributed by atoms with Crippen molar-refractivity contribution in [1.29, 1.82) is 0 Å². The van der Waals surface area contributed by atoms with Gasteiger partial charge >= 0.3 is 0 Å². The van der Waals surface area contributed by atoms with Crippen molar-refractivity contribution in [1.82, 2.24) is 5.32 Å². The maximum atomic E-state index is 12.1. The van der Waals surface area contributed by atoms with Gasteiger partial charge in [0.05, 0.1) is 39.9 Å². The third kappa shape index (κ3) is 22.4. The molecule has 36 heavy (non-hydrogen) atoms. The summed E-state index contributed by atoms with van der Waals surface area (Å²) >= 11 is 0. The van der Waals surface area contributed by atoms with Gasteiger partial charge in [-0.2, -0.15) is 0 Å². The van der Waals surface area contributed by atoms with Crippen LogP contribution in [0.4, 0.5) is 0 Å². The summed E-state index contributed by atoms with van der Waals surface area (Å²) in [5.41, 5.74) is 0. The van der Waals surface area contributed by atoms with Gasteiger partial charge in [0.15, 0.2) is 0 Å². The second kappa shape index (κ2) is 21.2. The lowest BCUT2D eigenvalue weighted by Crippen LogP contribution is -2.45. The van der Waals surface area contributed by atoms with Crippen LogP contribution in [-0.2, 0) is 18.4 Å². The average Bonchev–Trinajstić information content (AvgIpc) is 2.80. The Morgan fingerprint density at radius 1 is 0.944 bits per heavy atom. The molecule has 0 spiro atoms. The number of aliphatic hydroxyl groups excluding tert-OH is 1. The van der Waals surface area contributed by atoms with Gasteiger partial charge in [0, 0.05) is 6.42 Å². The normalized spacial score (nSPS) is 15.6. The van der Waals surface area contributed by atoms with E-state index < -0.39 is 20.0 Å². The Balaban J connectivity index is 4.22. The summed E-state index contributed by atoms with van der Waals surface area (Å²) in [5.74, 6) is -0.288. The second-order valence-electron chi connectivity index (χ2n) is 10.7. The Hall–Kier alpha value is -0.760. The molecule has 0 aromatic heterocycles. The summed E-state index contributed by atoms with van der Waals surface area (Å²) in [5, 5.41) is 13.1. The molecule has 0 heterocycles. The van der Waals surface area contributed by atoms with Crippen LogP contribution in [0.1, 0.15) is 104 Å². The number of nitrogens with one attached hydrogen (secondary N) is 1. The third-order valence-electron chi connectivity index (χ3n) is 6.06.